The first kappa shape index (κ1) is 14.8. The number of benzene rings is 2. The highest BCUT2D eigenvalue weighted by molar-refractivity contribution is 7.98. The molecule has 1 aromatic heterocycles. The van der Waals surface area contributed by atoms with E-state index >= 15 is 0 Å². The van der Waals surface area contributed by atoms with E-state index in [1.165, 1.54) is 13.2 Å². The number of hydrogen-bond donors (Lipinski definition) is 0. The molecule has 0 saturated heterocycles. The number of aromatic nitrogens is 2. The molecule has 22 heavy (non-hydrogen) atoms. The normalized spacial score (nSPS) is 10.9. The molecule has 0 amide bonds. The number of nitrogens with zero attached hydrogens (tertiary/aromatic N) is 2. The molecule has 0 aliphatic carbocycles. The summed E-state index contributed by atoms with van der Waals surface area (Å²) in [6.07, 6.45) is 0. The molecule has 0 bridgehead atoms. The molecule has 1 heterocycles. The Morgan fingerprint density at radius 1 is 1.14 bits per heavy atom. The fraction of sp³-hybridized carbons (Fsp3) is 0.176. The Morgan fingerprint density at radius 2 is 1.95 bits per heavy atom. The number of methoxy groups -OCH3 is 1. The van der Waals surface area contributed by atoms with Crippen molar-refractivity contribution >= 4 is 22.7 Å². The van der Waals surface area contributed by atoms with Gasteiger partial charge in [0.2, 0.25) is 0 Å². The fourth-order valence-corrected chi connectivity index (χ4v) is 3.23. The number of rotatable bonds is 4. The maximum absolute atomic E-state index is 13.7. The van der Waals surface area contributed by atoms with Crippen LogP contribution in [0.2, 0.25) is 0 Å². The molecule has 3 rings (SSSR count). The molecule has 0 spiro atoms. The predicted octanol–water partition coefficient (Wildman–Crippen LogP) is 4.38. The van der Waals surface area contributed by atoms with Crippen LogP contribution in [0.5, 0.6) is 5.75 Å². The average molecular weight is 314 g/mol. The molecule has 2 aromatic carbocycles. The first-order valence-electron chi connectivity index (χ1n) is 6.86. The van der Waals surface area contributed by atoms with Gasteiger partial charge in [0.1, 0.15) is 10.9 Å². The van der Waals surface area contributed by atoms with Crippen LogP contribution in [0.3, 0.4) is 0 Å². The van der Waals surface area contributed by atoms with E-state index in [1.54, 1.807) is 17.8 Å². The molecule has 0 aliphatic rings. The van der Waals surface area contributed by atoms with Gasteiger partial charge in [-0.1, -0.05) is 24.3 Å². The van der Waals surface area contributed by atoms with E-state index in [0.717, 1.165) is 27.3 Å². The van der Waals surface area contributed by atoms with Crippen molar-refractivity contribution in [3.05, 3.63) is 59.7 Å². The smallest absolute Gasteiger partial charge is 0.165 e. The molecule has 0 fully saturated rings. The zero-order valence-corrected chi connectivity index (χ0v) is 13.2. The van der Waals surface area contributed by atoms with E-state index in [9.17, 15) is 4.39 Å². The van der Waals surface area contributed by atoms with Crippen molar-refractivity contribution in [3.63, 3.8) is 0 Å². The number of fused-ring (bicyclic) bond motifs is 1. The lowest BCUT2D eigenvalue weighted by Crippen LogP contribution is -1.94. The minimum absolute atomic E-state index is 0.261. The highest BCUT2D eigenvalue weighted by Crippen LogP contribution is 2.29. The highest BCUT2D eigenvalue weighted by Gasteiger charge is 2.08. The highest BCUT2D eigenvalue weighted by atomic mass is 32.2. The quantitative estimate of drug-likeness (QED) is 0.529. The Bertz CT molecular complexity index is 823. The van der Waals surface area contributed by atoms with Gasteiger partial charge in [0.05, 0.1) is 12.6 Å². The second kappa shape index (κ2) is 6.32. The summed E-state index contributed by atoms with van der Waals surface area (Å²) < 4.78 is 18.7. The number of hydrogen-bond acceptors (Lipinski definition) is 4. The number of para-hydroxylation sites is 1. The Balaban J connectivity index is 1.86. The van der Waals surface area contributed by atoms with Crippen molar-refractivity contribution in [1.82, 2.24) is 9.97 Å². The number of aryl methyl sites for hydroxylation is 1. The first-order valence-corrected chi connectivity index (χ1v) is 7.84. The lowest BCUT2D eigenvalue weighted by atomic mass is 10.2. The summed E-state index contributed by atoms with van der Waals surface area (Å²) in [4.78, 5) is 8.93. The van der Waals surface area contributed by atoms with E-state index in [0.29, 0.717) is 5.75 Å². The van der Waals surface area contributed by atoms with Crippen molar-refractivity contribution in [2.75, 3.05) is 7.11 Å². The van der Waals surface area contributed by atoms with Gasteiger partial charge in [-0.05, 0) is 30.7 Å². The molecule has 3 aromatic rings. The zero-order valence-electron chi connectivity index (χ0n) is 12.3. The van der Waals surface area contributed by atoms with Gasteiger partial charge in [-0.3, -0.25) is 0 Å². The standard InChI is InChI=1S/C17H15FN2OS/c1-11-19-15-6-4-3-5-13(15)17(20-11)22-10-12-7-8-16(21-2)14(18)9-12/h3-9H,10H2,1-2H3. The van der Waals surface area contributed by atoms with Crippen molar-refractivity contribution in [1.29, 1.82) is 0 Å². The Kier molecular flexibility index (Phi) is 4.24. The third-order valence-electron chi connectivity index (χ3n) is 3.27. The van der Waals surface area contributed by atoms with Gasteiger partial charge < -0.3 is 4.74 Å². The van der Waals surface area contributed by atoms with Crippen LogP contribution in [0.4, 0.5) is 4.39 Å². The Labute approximate surface area is 132 Å². The molecule has 0 saturated carbocycles. The summed E-state index contributed by atoms with van der Waals surface area (Å²) >= 11 is 1.58. The van der Waals surface area contributed by atoms with Crippen molar-refractivity contribution in [2.24, 2.45) is 0 Å². The van der Waals surface area contributed by atoms with E-state index in [-0.39, 0.29) is 11.6 Å². The van der Waals surface area contributed by atoms with Gasteiger partial charge in [-0.15, -0.1) is 11.8 Å². The van der Waals surface area contributed by atoms with Gasteiger partial charge in [0, 0.05) is 11.1 Å². The predicted molar refractivity (Wildman–Crippen MR) is 86.8 cm³/mol. The van der Waals surface area contributed by atoms with Crippen molar-refractivity contribution in [3.8, 4) is 5.75 Å². The Morgan fingerprint density at radius 3 is 2.73 bits per heavy atom. The Hall–Kier alpha value is -2.14. The van der Waals surface area contributed by atoms with Crippen LogP contribution in [0.15, 0.2) is 47.5 Å². The van der Waals surface area contributed by atoms with E-state index in [1.807, 2.05) is 37.3 Å². The van der Waals surface area contributed by atoms with Crippen LogP contribution in [0.25, 0.3) is 10.9 Å². The summed E-state index contributed by atoms with van der Waals surface area (Å²) in [6, 6.07) is 12.9. The van der Waals surface area contributed by atoms with E-state index in [2.05, 4.69) is 9.97 Å². The van der Waals surface area contributed by atoms with Crippen molar-refractivity contribution in [2.45, 2.75) is 17.7 Å². The molecule has 0 atom stereocenters. The molecular formula is C17H15FN2OS. The second-order valence-electron chi connectivity index (χ2n) is 4.85. The SMILES string of the molecule is COc1ccc(CSc2nc(C)nc3ccccc23)cc1F. The number of thioether (sulfide) groups is 1. The minimum atomic E-state index is -0.343. The van der Waals surface area contributed by atoms with Crippen LogP contribution < -0.4 is 4.74 Å². The molecule has 0 unspecified atom stereocenters. The third kappa shape index (κ3) is 3.04. The topological polar surface area (TPSA) is 35.0 Å². The second-order valence-corrected chi connectivity index (χ2v) is 5.81. The van der Waals surface area contributed by atoms with Crippen molar-refractivity contribution < 1.29 is 9.13 Å². The first-order chi connectivity index (χ1) is 10.7. The molecule has 3 nitrogen and oxygen atoms in total. The van der Waals surface area contributed by atoms with Gasteiger partial charge in [-0.2, -0.15) is 0 Å². The zero-order chi connectivity index (χ0) is 15.5. The van der Waals surface area contributed by atoms with Crippen LogP contribution in [-0.2, 0) is 5.75 Å². The molecule has 112 valence electrons. The molecule has 5 heteroatoms. The van der Waals surface area contributed by atoms with Gasteiger partial charge in [0.15, 0.2) is 11.6 Å². The summed E-state index contributed by atoms with van der Waals surface area (Å²) in [7, 11) is 1.46. The summed E-state index contributed by atoms with van der Waals surface area (Å²) in [5, 5.41) is 1.94. The summed E-state index contributed by atoms with van der Waals surface area (Å²) in [5.41, 5.74) is 1.82. The summed E-state index contributed by atoms with van der Waals surface area (Å²) in [6.45, 7) is 1.88. The number of ether oxygens (including phenoxy) is 1. The average Bonchev–Trinajstić information content (AvgIpc) is 2.52. The fourth-order valence-electron chi connectivity index (χ4n) is 2.22. The maximum atomic E-state index is 13.7. The largest absolute Gasteiger partial charge is 0.494 e. The van der Waals surface area contributed by atoms with E-state index < -0.39 is 0 Å². The van der Waals surface area contributed by atoms with Gasteiger partial charge in [-0.25, -0.2) is 14.4 Å². The van der Waals surface area contributed by atoms with Crippen LogP contribution in [-0.4, -0.2) is 17.1 Å². The summed E-state index contributed by atoms with van der Waals surface area (Å²) in [5.74, 6) is 1.30. The number of halogens is 1. The molecular weight excluding hydrogens is 299 g/mol. The minimum Gasteiger partial charge on any atom is -0.494 e. The van der Waals surface area contributed by atoms with E-state index in [4.69, 9.17) is 4.74 Å². The monoisotopic (exact) mass is 314 g/mol. The maximum Gasteiger partial charge on any atom is 0.165 e. The molecule has 0 N–H and O–H groups in total. The lowest BCUT2D eigenvalue weighted by molar-refractivity contribution is 0.386. The van der Waals surface area contributed by atoms with Crippen LogP contribution in [0.1, 0.15) is 11.4 Å². The van der Waals surface area contributed by atoms with Crippen LogP contribution in [0, 0.1) is 12.7 Å². The molecule has 0 aliphatic heterocycles. The third-order valence-corrected chi connectivity index (χ3v) is 4.33. The van der Waals surface area contributed by atoms with Gasteiger partial charge >= 0.3 is 0 Å². The molecule has 0 radical (unpaired) electrons. The lowest BCUT2D eigenvalue weighted by Gasteiger charge is -2.08. The van der Waals surface area contributed by atoms with Crippen LogP contribution >= 0.6 is 11.8 Å². The van der Waals surface area contributed by atoms with Gasteiger partial charge in [0.25, 0.3) is 0 Å².